The van der Waals surface area contributed by atoms with E-state index in [1.54, 1.807) is 0 Å². The molecule has 0 atom stereocenters. The Kier molecular flexibility index (Phi) is 5.72. The first-order chi connectivity index (χ1) is 13.9. The van der Waals surface area contributed by atoms with Gasteiger partial charge in [-0.05, 0) is 37.1 Å². The van der Waals surface area contributed by atoms with Gasteiger partial charge in [0.15, 0.2) is 0 Å². The maximum absolute atomic E-state index is 12.8. The number of carbonyl (C=O) groups is 1. The van der Waals surface area contributed by atoms with Crippen LogP contribution in [0.15, 0.2) is 35.4 Å². The Morgan fingerprint density at radius 1 is 1.21 bits per heavy atom. The third kappa shape index (κ3) is 4.22. The summed E-state index contributed by atoms with van der Waals surface area (Å²) >= 11 is 7.58. The molecule has 1 saturated heterocycles. The van der Waals surface area contributed by atoms with Crippen molar-refractivity contribution < 1.29 is 4.79 Å². The monoisotopic (exact) mass is 430 g/mol. The molecule has 152 valence electrons. The number of piperazine rings is 1. The van der Waals surface area contributed by atoms with Gasteiger partial charge in [0, 0.05) is 42.6 Å². The van der Waals surface area contributed by atoms with Crippen LogP contribution in [0.1, 0.15) is 16.0 Å². The van der Waals surface area contributed by atoms with Crippen LogP contribution < -0.4 is 5.56 Å². The number of aryl methyl sites for hydroxylation is 2. The Labute approximate surface area is 178 Å². The molecule has 8 heteroatoms. The van der Waals surface area contributed by atoms with Crippen molar-refractivity contribution in [2.24, 2.45) is 0 Å². The van der Waals surface area contributed by atoms with Crippen LogP contribution in [-0.2, 0) is 17.9 Å². The first kappa shape index (κ1) is 20.1. The molecule has 1 aliphatic heterocycles. The molecular weight excluding hydrogens is 408 g/mol. The molecule has 2 aromatic heterocycles. The molecule has 0 saturated carbocycles. The van der Waals surface area contributed by atoms with E-state index in [1.807, 2.05) is 36.9 Å². The van der Waals surface area contributed by atoms with E-state index >= 15 is 0 Å². The zero-order valence-corrected chi connectivity index (χ0v) is 18.1. The molecule has 29 heavy (non-hydrogen) atoms. The molecule has 6 nitrogen and oxygen atoms in total. The first-order valence-corrected chi connectivity index (χ1v) is 10.8. The fourth-order valence-electron chi connectivity index (χ4n) is 3.68. The van der Waals surface area contributed by atoms with Gasteiger partial charge in [0.25, 0.3) is 5.56 Å². The lowest BCUT2D eigenvalue weighted by molar-refractivity contribution is -0.133. The number of nitrogens with zero attached hydrogens (tertiary/aromatic N) is 4. The van der Waals surface area contributed by atoms with E-state index in [-0.39, 0.29) is 18.0 Å². The lowest BCUT2D eigenvalue weighted by Crippen LogP contribution is -2.49. The molecule has 0 N–H and O–H groups in total. The fraction of sp³-hybridized carbons (Fsp3) is 0.381. The highest BCUT2D eigenvalue weighted by Crippen LogP contribution is 2.25. The summed E-state index contributed by atoms with van der Waals surface area (Å²) in [5, 5.41) is 1.37. The van der Waals surface area contributed by atoms with E-state index in [2.05, 4.69) is 16.0 Å². The quantitative estimate of drug-likeness (QED) is 0.638. The van der Waals surface area contributed by atoms with E-state index < -0.39 is 0 Å². The molecule has 0 radical (unpaired) electrons. The number of fused-ring (bicyclic) bond motifs is 1. The Bertz CT molecular complexity index is 1120. The van der Waals surface area contributed by atoms with Crippen molar-refractivity contribution in [3.63, 3.8) is 0 Å². The van der Waals surface area contributed by atoms with Crippen LogP contribution in [0.25, 0.3) is 10.2 Å². The van der Waals surface area contributed by atoms with Crippen LogP contribution in [0.4, 0.5) is 0 Å². The third-order valence-electron chi connectivity index (χ3n) is 5.48. The molecule has 1 fully saturated rings. The summed E-state index contributed by atoms with van der Waals surface area (Å²) < 4.78 is 1.43. The summed E-state index contributed by atoms with van der Waals surface area (Å²) in [5.74, 6) is -0.0414. The summed E-state index contributed by atoms with van der Waals surface area (Å²) in [7, 11) is 0. The number of hydrogen-bond donors (Lipinski definition) is 0. The highest BCUT2D eigenvalue weighted by atomic mass is 35.5. The van der Waals surface area contributed by atoms with Crippen molar-refractivity contribution in [2.75, 3.05) is 26.2 Å². The molecule has 0 spiro atoms. The number of hydrogen-bond acceptors (Lipinski definition) is 5. The van der Waals surface area contributed by atoms with E-state index in [1.165, 1.54) is 27.8 Å². The molecule has 1 amide bonds. The van der Waals surface area contributed by atoms with E-state index in [0.29, 0.717) is 18.5 Å². The molecule has 0 unspecified atom stereocenters. The number of benzene rings is 1. The van der Waals surface area contributed by atoms with Gasteiger partial charge in [0.2, 0.25) is 5.91 Å². The van der Waals surface area contributed by atoms with Gasteiger partial charge in [-0.3, -0.25) is 19.1 Å². The van der Waals surface area contributed by atoms with E-state index in [4.69, 9.17) is 11.6 Å². The number of rotatable bonds is 4. The second-order valence-corrected chi connectivity index (χ2v) is 9.07. The predicted octanol–water partition coefficient (Wildman–Crippen LogP) is 3.07. The highest BCUT2D eigenvalue weighted by molar-refractivity contribution is 7.18. The molecule has 1 aromatic carbocycles. The summed E-state index contributed by atoms with van der Waals surface area (Å²) in [6.07, 6.45) is 1.49. The van der Waals surface area contributed by atoms with Gasteiger partial charge in [0.05, 0.1) is 11.7 Å². The van der Waals surface area contributed by atoms with E-state index in [0.717, 1.165) is 39.9 Å². The number of amides is 1. The van der Waals surface area contributed by atoms with Crippen molar-refractivity contribution in [1.82, 2.24) is 19.4 Å². The lowest BCUT2D eigenvalue weighted by atomic mass is 10.2. The SMILES string of the molecule is Cc1sc2ncn(CC(=O)N3CCN(Cc4cccc(Cl)c4)CC3)c(=O)c2c1C. The van der Waals surface area contributed by atoms with Crippen molar-refractivity contribution in [3.8, 4) is 0 Å². The Balaban J connectivity index is 1.39. The predicted molar refractivity (Wildman–Crippen MR) is 117 cm³/mol. The Hall–Kier alpha value is -2.22. The fourth-order valence-corrected chi connectivity index (χ4v) is 4.88. The van der Waals surface area contributed by atoms with E-state index in [9.17, 15) is 9.59 Å². The summed E-state index contributed by atoms with van der Waals surface area (Å²) in [4.78, 5) is 35.9. The third-order valence-corrected chi connectivity index (χ3v) is 6.83. The molecule has 0 bridgehead atoms. The van der Waals surface area contributed by atoms with Gasteiger partial charge in [0.1, 0.15) is 11.4 Å². The zero-order chi connectivity index (χ0) is 20.5. The van der Waals surface area contributed by atoms with Crippen LogP contribution in [0.2, 0.25) is 5.02 Å². The zero-order valence-electron chi connectivity index (χ0n) is 16.5. The normalized spacial score (nSPS) is 15.2. The Morgan fingerprint density at radius 2 is 1.97 bits per heavy atom. The van der Waals surface area contributed by atoms with Gasteiger partial charge in [-0.2, -0.15) is 0 Å². The number of halogens is 1. The number of aromatic nitrogens is 2. The van der Waals surface area contributed by atoms with Gasteiger partial charge >= 0.3 is 0 Å². The second kappa shape index (κ2) is 8.26. The molecule has 3 heterocycles. The summed E-state index contributed by atoms with van der Waals surface area (Å²) in [6, 6.07) is 7.86. The van der Waals surface area contributed by atoms with Crippen LogP contribution in [0.5, 0.6) is 0 Å². The first-order valence-electron chi connectivity index (χ1n) is 9.62. The van der Waals surface area contributed by atoms with Gasteiger partial charge in [-0.15, -0.1) is 11.3 Å². The molecule has 4 rings (SSSR count). The standard InChI is InChI=1S/C21H23ClN4O2S/c1-14-15(2)29-20-19(14)21(28)26(13-23-20)12-18(27)25-8-6-24(7-9-25)11-16-4-3-5-17(22)10-16/h3-5,10,13H,6-9,11-12H2,1-2H3. The van der Waals surface area contributed by atoms with Crippen LogP contribution in [0, 0.1) is 13.8 Å². The number of thiophene rings is 1. The smallest absolute Gasteiger partial charge is 0.262 e. The van der Waals surface area contributed by atoms with Crippen LogP contribution >= 0.6 is 22.9 Å². The van der Waals surface area contributed by atoms with Crippen molar-refractivity contribution in [2.45, 2.75) is 26.9 Å². The van der Waals surface area contributed by atoms with Crippen molar-refractivity contribution in [1.29, 1.82) is 0 Å². The Morgan fingerprint density at radius 3 is 2.69 bits per heavy atom. The summed E-state index contributed by atoms with van der Waals surface area (Å²) in [6.45, 7) is 7.67. The average molecular weight is 431 g/mol. The summed E-state index contributed by atoms with van der Waals surface area (Å²) in [5.41, 5.74) is 1.99. The minimum atomic E-state index is -0.134. The maximum atomic E-state index is 12.8. The highest BCUT2D eigenvalue weighted by Gasteiger charge is 2.22. The minimum Gasteiger partial charge on any atom is -0.339 e. The molecule has 1 aliphatic rings. The van der Waals surface area contributed by atoms with Crippen molar-refractivity contribution >= 4 is 39.1 Å². The second-order valence-electron chi connectivity index (χ2n) is 7.43. The molecular formula is C21H23ClN4O2S. The largest absolute Gasteiger partial charge is 0.339 e. The van der Waals surface area contributed by atoms with Gasteiger partial charge in [-0.25, -0.2) is 4.98 Å². The van der Waals surface area contributed by atoms with Crippen molar-refractivity contribution in [3.05, 3.63) is 62.0 Å². The lowest BCUT2D eigenvalue weighted by Gasteiger charge is -2.34. The van der Waals surface area contributed by atoms with Gasteiger partial charge in [-0.1, -0.05) is 23.7 Å². The molecule has 0 aliphatic carbocycles. The minimum absolute atomic E-state index is 0.0321. The van der Waals surface area contributed by atoms with Gasteiger partial charge < -0.3 is 4.90 Å². The topological polar surface area (TPSA) is 58.4 Å². The average Bonchev–Trinajstić information content (AvgIpc) is 2.99. The van der Waals surface area contributed by atoms with Crippen LogP contribution in [-0.4, -0.2) is 51.4 Å². The maximum Gasteiger partial charge on any atom is 0.262 e. The van der Waals surface area contributed by atoms with Crippen LogP contribution in [0.3, 0.4) is 0 Å². The molecule has 3 aromatic rings. The number of carbonyl (C=O) groups excluding carboxylic acids is 1.